The molecule has 0 aromatic heterocycles. The first kappa shape index (κ1) is 10.0. The fraction of sp³-hybridized carbons (Fsp3) is 0.917. The largest absolute Gasteiger partial charge is 0.352 e. The van der Waals surface area contributed by atoms with Crippen LogP contribution in [0.3, 0.4) is 0 Å². The number of nitrogens with one attached hydrogen (secondary N) is 1. The zero-order valence-electron chi connectivity index (χ0n) is 9.47. The van der Waals surface area contributed by atoms with E-state index < -0.39 is 0 Å². The smallest absolute Gasteiger partial charge is 0.225 e. The van der Waals surface area contributed by atoms with Crippen molar-refractivity contribution >= 4 is 5.91 Å². The third-order valence-corrected chi connectivity index (χ3v) is 4.37. The van der Waals surface area contributed by atoms with Crippen molar-refractivity contribution in [1.82, 2.24) is 5.32 Å². The summed E-state index contributed by atoms with van der Waals surface area (Å²) in [5.74, 6) is 1.33. The van der Waals surface area contributed by atoms with Crippen LogP contribution in [0.5, 0.6) is 0 Å². The summed E-state index contributed by atoms with van der Waals surface area (Å²) >= 11 is 0. The summed E-state index contributed by atoms with van der Waals surface area (Å²) in [4.78, 5) is 11.5. The molecule has 80 valence electrons. The van der Waals surface area contributed by atoms with Gasteiger partial charge in [0.2, 0.25) is 5.91 Å². The molecule has 1 aliphatic carbocycles. The van der Waals surface area contributed by atoms with Crippen molar-refractivity contribution in [2.75, 3.05) is 0 Å². The minimum atomic E-state index is 0.272. The van der Waals surface area contributed by atoms with Crippen molar-refractivity contribution in [2.24, 2.45) is 17.3 Å². The van der Waals surface area contributed by atoms with E-state index in [1.54, 1.807) is 0 Å². The van der Waals surface area contributed by atoms with Crippen LogP contribution in [-0.2, 0) is 4.79 Å². The maximum atomic E-state index is 11.5. The topological polar surface area (TPSA) is 29.1 Å². The van der Waals surface area contributed by atoms with Gasteiger partial charge in [-0.2, -0.15) is 0 Å². The van der Waals surface area contributed by atoms with E-state index >= 15 is 0 Å². The van der Waals surface area contributed by atoms with Crippen molar-refractivity contribution in [3.05, 3.63) is 0 Å². The Morgan fingerprint density at radius 3 is 2.43 bits per heavy atom. The number of rotatable bonds is 3. The molecule has 2 unspecified atom stereocenters. The van der Waals surface area contributed by atoms with Crippen LogP contribution >= 0.6 is 0 Å². The Kier molecular flexibility index (Phi) is 2.32. The van der Waals surface area contributed by atoms with Gasteiger partial charge in [-0.15, -0.1) is 0 Å². The predicted octanol–water partition coefficient (Wildman–Crippen LogP) is 2.34. The lowest BCUT2D eigenvalue weighted by Gasteiger charge is -2.51. The summed E-state index contributed by atoms with van der Waals surface area (Å²) in [6, 6.07) is 0.435. The second kappa shape index (κ2) is 3.25. The van der Waals surface area contributed by atoms with E-state index in [1.165, 1.54) is 19.3 Å². The molecule has 0 aromatic carbocycles. The molecule has 2 heteroatoms. The van der Waals surface area contributed by atoms with E-state index in [-0.39, 0.29) is 5.41 Å². The summed E-state index contributed by atoms with van der Waals surface area (Å²) in [6.45, 7) is 6.74. The van der Waals surface area contributed by atoms with Crippen LogP contribution in [0.2, 0.25) is 0 Å². The van der Waals surface area contributed by atoms with Gasteiger partial charge in [0, 0.05) is 6.04 Å². The normalized spacial score (nSPS) is 33.2. The fourth-order valence-corrected chi connectivity index (χ4v) is 2.58. The van der Waals surface area contributed by atoms with Crippen LogP contribution in [0.1, 0.15) is 46.5 Å². The molecule has 2 aliphatic rings. The highest BCUT2D eigenvalue weighted by molar-refractivity contribution is 5.86. The fourth-order valence-electron chi connectivity index (χ4n) is 2.58. The third-order valence-electron chi connectivity index (χ3n) is 4.37. The molecular weight excluding hydrogens is 174 g/mol. The lowest BCUT2D eigenvalue weighted by Crippen LogP contribution is -2.66. The number of hydrogen-bond donors (Lipinski definition) is 1. The average Bonchev–Trinajstić information content (AvgIpc) is 2.06. The summed E-state index contributed by atoms with van der Waals surface area (Å²) in [7, 11) is 0. The van der Waals surface area contributed by atoms with Crippen molar-refractivity contribution in [1.29, 1.82) is 0 Å². The molecule has 2 rings (SSSR count). The highest BCUT2D eigenvalue weighted by Gasteiger charge is 2.51. The van der Waals surface area contributed by atoms with E-state index in [4.69, 9.17) is 0 Å². The zero-order valence-corrected chi connectivity index (χ0v) is 9.47. The van der Waals surface area contributed by atoms with E-state index in [1.807, 2.05) is 0 Å². The molecule has 0 spiro atoms. The van der Waals surface area contributed by atoms with Crippen LogP contribution in [0.15, 0.2) is 0 Å². The minimum absolute atomic E-state index is 0.272. The average molecular weight is 195 g/mol. The van der Waals surface area contributed by atoms with Crippen molar-refractivity contribution in [2.45, 2.75) is 52.5 Å². The third kappa shape index (κ3) is 1.35. The van der Waals surface area contributed by atoms with E-state index in [0.717, 1.165) is 6.42 Å². The minimum Gasteiger partial charge on any atom is -0.352 e. The highest BCUT2D eigenvalue weighted by atomic mass is 16.2. The zero-order chi connectivity index (χ0) is 10.3. The quantitative estimate of drug-likeness (QED) is 0.688. The molecule has 2 atom stereocenters. The van der Waals surface area contributed by atoms with Crippen LogP contribution in [-0.4, -0.2) is 11.9 Å². The number of carbonyl (C=O) groups excluding carboxylic acids is 1. The van der Waals surface area contributed by atoms with Crippen molar-refractivity contribution in [3.63, 3.8) is 0 Å². The van der Waals surface area contributed by atoms with Gasteiger partial charge in [0.05, 0.1) is 5.92 Å². The maximum absolute atomic E-state index is 11.5. The second-order valence-electron chi connectivity index (χ2n) is 5.55. The summed E-state index contributed by atoms with van der Waals surface area (Å²) in [5.41, 5.74) is 0.272. The molecule has 1 heterocycles. The standard InChI is InChI=1S/C12H21NO/c1-4-12(2,3)10-9(11(14)13-10)8-6-5-7-8/h8-10H,4-7H2,1-3H3,(H,13,14). The van der Waals surface area contributed by atoms with Crippen molar-refractivity contribution < 1.29 is 4.79 Å². The van der Waals surface area contributed by atoms with Gasteiger partial charge in [0.25, 0.3) is 0 Å². The van der Waals surface area contributed by atoms with Crippen LogP contribution in [0, 0.1) is 17.3 Å². The van der Waals surface area contributed by atoms with Crippen LogP contribution < -0.4 is 5.32 Å². The SMILES string of the molecule is CCC(C)(C)C1NC(=O)C1C1CCC1. The van der Waals surface area contributed by atoms with Gasteiger partial charge < -0.3 is 5.32 Å². The molecule has 1 N–H and O–H groups in total. The first-order valence-electron chi connectivity index (χ1n) is 5.86. The van der Waals surface area contributed by atoms with Gasteiger partial charge in [-0.1, -0.05) is 27.2 Å². The molecule has 0 bridgehead atoms. The van der Waals surface area contributed by atoms with Crippen LogP contribution in [0.25, 0.3) is 0 Å². The van der Waals surface area contributed by atoms with E-state index in [0.29, 0.717) is 23.8 Å². The van der Waals surface area contributed by atoms with Gasteiger partial charge in [0.15, 0.2) is 0 Å². The number of hydrogen-bond acceptors (Lipinski definition) is 1. The van der Waals surface area contributed by atoms with E-state index in [2.05, 4.69) is 26.1 Å². The molecule has 1 amide bonds. The first-order valence-corrected chi connectivity index (χ1v) is 5.86. The summed E-state index contributed by atoms with van der Waals surface area (Å²) in [5, 5.41) is 3.09. The molecule has 1 saturated heterocycles. The van der Waals surface area contributed by atoms with Gasteiger partial charge in [-0.3, -0.25) is 4.79 Å². The first-order chi connectivity index (χ1) is 6.56. The monoisotopic (exact) mass is 195 g/mol. The number of β-lactam (4-membered cyclic amide) rings is 1. The summed E-state index contributed by atoms with van der Waals surface area (Å²) < 4.78 is 0. The Labute approximate surface area is 86.5 Å². The predicted molar refractivity (Wildman–Crippen MR) is 56.8 cm³/mol. The molecule has 14 heavy (non-hydrogen) atoms. The summed E-state index contributed by atoms with van der Waals surface area (Å²) in [6.07, 6.45) is 5.01. The van der Waals surface area contributed by atoms with Crippen LogP contribution in [0.4, 0.5) is 0 Å². The number of amides is 1. The highest BCUT2D eigenvalue weighted by Crippen LogP contribution is 2.44. The Morgan fingerprint density at radius 2 is 2.07 bits per heavy atom. The lowest BCUT2D eigenvalue weighted by atomic mass is 9.62. The van der Waals surface area contributed by atoms with Gasteiger partial charge in [-0.25, -0.2) is 0 Å². The van der Waals surface area contributed by atoms with Crippen molar-refractivity contribution in [3.8, 4) is 0 Å². The lowest BCUT2D eigenvalue weighted by molar-refractivity contribution is -0.145. The van der Waals surface area contributed by atoms with E-state index in [9.17, 15) is 4.79 Å². The Morgan fingerprint density at radius 1 is 1.43 bits per heavy atom. The second-order valence-corrected chi connectivity index (χ2v) is 5.55. The van der Waals surface area contributed by atoms with Gasteiger partial charge in [0.1, 0.15) is 0 Å². The maximum Gasteiger partial charge on any atom is 0.225 e. The number of carbonyl (C=O) groups is 1. The molecule has 0 radical (unpaired) electrons. The Hall–Kier alpha value is -0.530. The Bertz CT molecular complexity index is 243. The van der Waals surface area contributed by atoms with Gasteiger partial charge >= 0.3 is 0 Å². The Balaban J connectivity index is 2.03. The molecule has 2 fully saturated rings. The van der Waals surface area contributed by atoms with Gasteiger partial charge in [-0.05, 0) is 30.6 Å². The molecule has 0 aromatic rings. The molecule has 1 aliphatic heterocycles. The molecular formula is C12H21NO. The molecule has 1 saturated carbocycles. The molecule has 2 nitrogen and oxygen atoms in total.